The van der Waals surface area contributed by atoms with Crippen LogP contribution in [0.15, 0.2) is 0 Å². The van der Waals surface area contributed by atoms with Crippen molar-refractivity contribution < 1.29 is 39.2 Å². The predicted molar refractivity (Wildman–Crippen MR) is 107 cm³/mol. The summed E-state index contributed by atoms with van der Waals surface area (Å²) in [7, 11) is -10.4. The van der Waals surface area contributed by atoms with Gasteiger partial charge in [-0.3, -0.25) is 0 Å². The molecule has 12 heteroatoms. The lowest BCUT2D eigenvalue weighted by atomic mass is 10.9. The van der Waals surface area contributed by atoms with E-state index in [2.05, 4.69) is 0 Å². The second kappa shape index (κ2) is 14.3. The van der Waals surface area contributed by atoms with Gasteiger partial charge in [-0.25, -0.2) is 0 Å². The maximum absolute atomic E-state index is 6.24. The summed E-state index contributed by atoms with van der Waals surface area (Å²) in [6.07, 6.45) is 0. The highest BCUT2D eigenvalue weighted by Crippen LogP contribution is 2.26. The Kier molecular flexibility index (Phi) is 14.5. The molecule has 0 atom stereocenters. The van der Waals surface area contributed by atoms with E-state index < -0.39 is 26.9 Å². The van der Waals surface area contributed by atoms with Crippen molar-refractivity contribution in [1.82, 2.24) is 0 Å². The van der Waals surface area contributed by atoms with Gasteiger partial charge in [-0.15, -0.1) is 0 Å². The van der Waals surface area contributed by atoms with E-state index >= 15 is 0 Å². The first kappa shape index (κ1) is 27.3. The summed E-state index contributed by atoms with van der Waals surface area (Å²) in [6.45, 7) is 17.2. The molecule has 0 saturated heterocycles. The Morgan fingerprint density at radius 2 is 0.704 bits per heavy atom. The predicted octanol–water partition coefficient (Wildman–Crippen LogP) is 2.72. The largest absolute Gasteiger partial charge is 0.673 e. The van der Waals surface area contributed by atoms with Crippen molar-refractivity contribution in [3.05, 3.63) is 0 Å². The summed E-state index contributed by atoms with van der Waals surface area (Å²) in [4.78, 5) is 0. The molecule has 0 fully saturated rings. The maximum Gasteiger partial charge on any atom is 0.673 e. The molecule has 0 aliphatic rings. The lowest BCUT2D eigenvalue weighted by Gasteiger charge is -2.38. The summed E-state index contributed by atoms with van der Waals surface area (Å²) in [5, 5.41) is 0. The molecule has 0 bridgehead atoms. The van der Waals surface area contributed by atoms with Gasteiger partial charge in [0.05, 0.1) is 0 Å². The van der Waals surface area contributed by atoms with Crippen LogP contribution in [0, 0.1) is 0 Å². The molecule has 0 N–H and O–H groups in total. The number of rotatable bonds is 18. The average molecular weight is 447 g/mol. The van der Waals surface area contributed by atoms with Crippen LogP contribution in [0.3, 0.4) is 0 Å². The number of hydrogen-bond acceptors (Lipinski definition) is 9. The fraction of sp³-hybridized carbons (Fsp3) is 1.00. The van der Waals surface area contributed by atoms with Crippen LogP contribution in [0.2, 0.25) is 6.55 Å². The van der Waals surface area contributed by atoms with Crippen molar-refractivity contribution >= 4 is 26.9 Å². The molecule has 164 valence electrons. The quantitative estimate of drug-likeness (QED) is 0.295. The first-order valence-electron chi connectivity index (χ1n) is 9.72. The molecule has 0 aromatic heterocycles. The summed E-state index contributed by atoms with van der Waals surface area (Å²) >= 11 is 0. The molecule has 0 saturated carbocycles. The molecule has 9 nitrogen and oxygen atoms in total. The van der Waals surface area contributed by atoms with Crippen LogP contribution < -0.4 is 0 Å². The van der Waals surface area contributed by atoms with Crippen molar-refractivity contribution in [3.8, 4) is 0 Å². The van der Waals surface area contributed by atoms with Crippen LogP contribution in [0.25, 0.3) is 0 Å². The minimum absolute atomic E-state index is 0.309. The van der Waals surface area contributed by atoms with Crippen LogP contribution in [0.4, 0.5) is 0 Å². The van der Waals surface area contributed by atoms with Crippen LogP contribution >= 0.6 is 0 Å². The third kappa shape index (κ3) is 9.56. The zero-order valence-electron chi connectivity index (χ0n) is 18.1. The van der Waals surface area contributed by atoms with E-state index in [9.17, 15) is 0 Å². The van der Waals surface area contributed by atoms with Crippen molar-refractivity contribution in [2.24, 2.45) is 0 Å². The Balaban J connectivity index is 5.92. The van der Waals surface area contributed by atoms with Gasteiger partial charge in [0, 0.05) is 52.8 Å². The molecule has 0 aliphatic carbocycles. The fourth-order valence-electron chi connectivity index (χ4n) is 2.28. The standard InChI is InChI=1S/C15H38O9Si3/c1-9-16-25(8,17-10-2)23-27(21-14-6,22-15-7)24-26(18-11-3,19-12-4)20-13-5/h9-15H2,1-8H3. The average Bonchev–Trinajstić information content (AvgIpc) is 2.56. The molecule has 0 radical (unpaired) electrons. The molecule has 0 rings (SSSR count). The molecule has 0 spiro atoms. The Morgan fingerprint density at radius 3 is 1.00 bits per heavy atom. The zero-order chi connectivity index (χ0) is 20.8. The Labute approximate surface area is 167 Å². The molecule has 0 aromatic carbocycles. The van der Waals surface area contributed by atoms with Gasteiger partial charge in [-0.2, -0.15) is 0 Å². The van der Waals surface area contributed by atoms with Crippen molar-refractivity contribution in [3.63, 3.8) is 0 Å². The highest BCUT2D eigenvalue weighted by molar-refractivity contribution is 6.76. The van der Waals surface area contributed by atoms with Gasteiger partial charge in [0.1, 0.15) is 0 Å². The minimum Gasteiger partial charge on any atom is -0.374 e. The summed E-state index contributed by atoms with van der Waals surface area (Å²) in [5.41, 5.74) is 0. The van der Waals surface area contributed by atoms with Gasteiger partial charge in [-0.1, -0.05) is 0 Å². The Bertz CT molecular complexity index is 347. The molecule has 0 unspecified atom stereocenters. The molecule has 0 heterocycles. The molecule has 0 aromatic rings. The van der Waals surface area contributed by atoms with E-state index in [0.717, 1.165) is 0 Å². The van der Waals surface area contributed by atoms with Gasteiger partial charge in [0.25, 0.3) is 0 Å². The second-order valence-electron chi connectivity index (χ2n) is 5.10. The van der Waals surface area contributed by atoms with Gasteiger partial charge >= 0.3 is 26.9 Å². The smallest absolute Gasteiger partial charge is 0.374 e. The second-order valence-corrected chi connectivity index (χ2v) is 12.5. The van der Waals surface area contributed by atoms with Gasteiger partial charge in [-0.05, 0) is 48.5 Å². The van der Waals surface area contributed by atoms with Crippen molar-refractivity contribution in [2.75, 3.05) is 46.2 Å². The van der Waals surface area contributed by atoms with Gasteiger partial charge in [0.15, 0.2) is 0 Å². The first-order valence-corrected chi connectivity index (χ1v) is 15.2. The van der Waals surface area contributed by atoms with E-state index in [1.54, 1.807) is 6.55 Å². The lowest BCUT2D eigenvalue weighted by Crippen LogP contribution is -2.66. The van der Waals surface area contributed by atoms with Gasteiger partial charge < -0.3 is 39.2 Å². The molecular weight excluding hydrogens is 408 g/mol. The summed E-state index contributed by atoms with van der Waals surface area (Å²) < 4.78 is 53.2. The summed E-state index contributed by atoms with van der Waals surface area (Å²) in [5.74, 6) is 0. The lowest BCUT2D eigenvalue weighted by molar-refractivity contribution is -0.0558. The van der Waals surface area contributed by atoms with E-state index in [-0.39, 0.29) is 0 Å². The minimum atomic E-state index is -3.75. The third-order valence-electron chi connectivity index (χ3n) is 2.98. The van der Waals surface area contributed by atoms with Crippen LogP contribution in [-0.2, 0) is 39.2 Å². The maximum atomic E-state index is 6.24. The third-order valence-corrected chi connectivity index (χ3v) is 12.3. The Morgan fingerprint density at radius 1 is 0.407 bits per heavy atom. The fourth-order valence-corrected chi connectivity index (χ4v) is 11.2. The normalized spacial score (nSPS) is 13.3. The molecule has 27 heavy (non-hydrogen) atoms. The Hall–Kier alpha value is 0.291. The van der Waals surface area contributed by atoms with E-state index in [0.29, 0.717) is 46.2 Å². The first-order chi connectivity index (χ1) is 12.8. The van der Waals surface area contributed by atoms with E-state index in [1.165, 1.54) is 0 Å². The molecular formula is C15H38O9Si3. The SMILES string of the molecule is CCO[Si](C)(OCC)O[Si](OCC)(OCC)O[Si](OCC)(OCC)OCC. The zero-order valence-corrected chi connectivity index (χ0v) is 21.1. The topological polar surface area (TPSA) is 83.1 Å². The number of hydrogen-bond donors (Lipinski definition) is 0. The van der Waals surface area contributed by atoms with Crippen LogP contribution in [0.1, 0.15) is 48.5 Å². The van der Waals surface area contributed by atoms with Crippen molar-refractivity contribution in [1.29, 1.82) is 0 Å². The highest BCUT2D eigenvalue weighted by Gasteiger charge is 2.62. The van der Waals surface area contributed by atoms with Crippen molar-refractivity contribution in [2.45, 2.75) is 55.0 Å². The molecule has 0 amide bonds. The van der Waals surface area contributed by atoms with Crippen LogP contribution in [-0.4, -0.2) is 73.1 Å². The highest BCUT2D eigenvalue weighted by atomic mass is 28.5. The van der Waals surface area contributed by atoms with Crippen LogP contribution in [0.5, 0.6) is 0 Å². The van der Waals surface area contributed by atoms with E-state index in [1.807, 2.05) is 48.5 Å². The molecule has 0 aliphatic heterocycles. The monoisotopic (exact) mass is 446 g/mol. The van der Waals surface area contributed by atoms with Gasteiger partial charge in [0.2, 0.25) is 0 Å². The summed E-state index contributed by atoms with van der Waals surface area (Å²) in [6, 6.07) is 0. The van der Waals surface area contributed by atoms with E-state index in [4.69, 9.17) is 39.2 Å².